The molecule has 0 saturated carbocycles. The molecule has 3 nitrogen and oxygen atoms in total. The number of piperidine rings is 1. The molecule has 2 aliphatic rings. The molecule has 3 heteroatoms. The molecule has 0 radical (unpaired) electrons. The largest absolute Gasteiger partial charge is 0.298 e. The summed E-state index contributed by atoms with van der Waals surface area (Å²) in [6.45, 7) is 18.6. The van der Waals surface area contributed by atoms with E-state index in [-0.39, 0.29) is 0 Å². The van der Waals surface area contributed by atoms with Crippen LogP contribution in [-0.2, 0) is 0 Å². The van der Waals surface area contributed by atoms with E-state index in [0.717, 1.165) is 6.54 Å². The van der Waals surface area contributed by atoms with Crippen LogP contribution in [-0.4, -0.2) is 47.6 Å². The Labute approximate surface area is 131 Å². The third-order valence-corrected chi connectivity index (χ3v) is 5.56. The minimum atomic E-state index is 0.298. The van der Waals surface area contributed by atoms with Gasteiger partial charge in [0.2, 0.25) is 0 Å². The summed E-state index contributed by atoms with van der Waals surface area (Å²) in [7, 11) is 0. The second-order valence-corrected chi connectivity index (χ2v) is 9.11. The monoisotopic (exact) mass is 291 g/mol. The van der Waals surface area contributed by atoms with Gasteiger partial charge in [-0.25, -0.2) is 0 Å². The van der Waals surface area contributed by atoms with Gasteiger partial charge in [0, 0.05) is 37.6 Å². The molecule has 0 aromatic heterocycles. The van der Waals surface area contributed by atoms with Gasteiger partial charge in [-0.3, -0.25) is 9.80 Å². The van der Waals surface area contributed by atoms with Crippen molar-refractivity contribution in [1.82, 2.24) is 9.80 Å². The van der Waals surface area contributed by atoms with Crippen molar-refractivity contribution in [2.45, 2.75) is 66.0 Å². The van der Waals surface area contributed by atoms with E-state index < -0.39 is 0 Å². The van der Waals surface area contributed by atoms with E-state index in [9.17, 15) is 5.26 Å². The Morgan fingerprint density at radius 1 is 1.05 bits per heavy atom. The average molecular weight is 291 g/mol. The summed E-state index contributed by atoms with van der Waals surface area (Å²) >= 11 is 0. The van der Waals surface area contributed by atoms with Crippen LogP contribution in [0.1, 0.15) is 54.4 Å². The second kappa shape index (κ2) is 5.89. The summed E-state index contributed by atoms with van der Waals surface area (Å²) in [6, 6.07) is 3.15. The Kier molecular flexibility index (Phi) is 4.71. The van der Waals surface area contributed by atoms with Crippen molar-refractivity contribution < 1.29 is 0 Å². The molecule has 2 saturated heterocycles. The van der Waals surface area contributed by atoms with Crippen LogP contribution >= 0.6 is 0 Å². The van der Waals surface area contributed by atoms with E-state index in [0.29, 0.717) is 35.3 Å². The van der Waals surface area contributed by atoms with Crippen molar-refractivity contribution in [1.29, 1.82) is 5.26 Å². The molecule has 0 aromatic carbocycles. The lowest BCUT2D eigenvalue weighted by atomic mass is 9.68. The molecule has 2 rings (SSSR count). The van der Waals surface area contributed by atoms with Gasteiger partial charge in [-0.15, -0.1) is 0 Å². The molecule has 2 fully saturated rings. The van der Waals surface area contributed by atoms with Crippen molar-refractivity contribution in [3.05, 3.63) is 0 Å². The Morgan fingerprint density at radius 2 is 1.67 bits per heavy atom. The quantitative estimate of drug-likeness (QED) is 0.781. The van der Waals surface area contributed by atoms with Crippen LogP contribution in [0.15, 0.2) is 0 Å². The number of hydrogen-bond acceptors (Lipinski definition) is 3. The van der Waals surface area contributed by atoms with Gasteiger partial charge < -0.3 is 0 Å². The van der Waals surface area contributed by atoms with Crippen LogP contribution in [0.3, 0.4) is 0 Å². The topological polar surface area (TPSA) is 30.3 Å². The third kappa shape index (κ3) is 3.79. The Bertz CT molecular complexity index is 390. The highest BCUT2D eigenvalue weighted by Crippen LogP contribution is 2.40. The molecule has 0 amide bonds. The van der Waals surface area contributed by atoms with Gasteiger partial charge in [-0.1, -0.05) is 20.8 Å². The lowest BCUT2D eigenvalue weighted by molar-refractivity contribution is -0.0547. The molecule has 0 N–H and O–H groups in total. The highest BCUT2D eigenvalue weighted by molar-refractivity contribution is 4.98. The molecule has 0 aliphatic carbocycles. The number of nitrogens with zero attached hydrogens (tertiary/aromatic N) is 3. The SMILES string of the molecule is CC(C)(C)C1CCN(C2CN(C(C)(C)C)C2)CC1CC#N. The van der Waals surface area contributed by atoms with Gasteiger partial charge in [0.05, 0.1) is 6.07 Å². The first-order valence-corrected chi connectivity index (χ1v) is 8.49. The standard InChI is InChI=1S/C18H33N3/c1-17(2,3)16-8-10-20(11-14(16)7-9-19)15-12-21(13-15)18(4,5)6/h14-16H,7-8,10-13H2,1-6H3. The van der Waals surface area contributed by atoms with Gasteiger partial charge >= 0.3 is 0 Å². The normalized spacial score (nSPS) is 30.0. The molecule has 2 unspecified atom stereocenters. The minimum Gasteiger partial charge on any atom is -0.298 e. The molecule has 0 spiro atoms. The van der Waals surface area contributed by atoms with Crippen LogP contribution in [0.25, 0.3) is 0 Å². The molecule has 120 valence electrons. The predicted octanol–water partition coefficient (Wildman–Crippen LogP) is 3.37. The molecule has 21 heavy (non-hydrogen) atoms. The average Bonchev–Trinajstić information content (AvgIpc) is 2.23. The van der Waals surface area contributed by atoms with Crippen LogP contribution in [0, 0.1) is 28.6 Å². The molecule has 2 heterocycles. The van der Waals surface area contributed by atoms with Crippen molar-refractivity contribution in [2.75, 3.05) is 26.2 Å². The Hall–Kier alpha value is -0.590. The zero-order valence-corrected chi connectivity index (χ0v) is 14.8. The van der Waals surface area contributed by atoms with Gasteiger partial charge in [-0.05, 0) is 51.0 Å². The van der Waals surface area contributed by atoms with E-state index >= 15 is 0 Å². The zero-order chi connectivity index (χ0) is 15.8. The predicted molar refractivity (Wildman–Crippen MR) is 88.0 cm³/mol. The Morgan fingerprint density at radius 3 is 2.14 bits per heavy atom. The number of nitriles is 1. The first-order chi connectivity index (χ1) is 9.63. The molecule has 0 bridgehead atoms. The number of likely N-dealkylation sites (tertiary alicyclic amines) is 2. The second-order valence-electron chi connectivity index (χ2n) is 9.11. The van der Waals surface area contributed by atoms with Gasteiger partial charge in [-0.2, -0.15) is 5.26 Å². The van der Waals surface area contributed by atoms with Crippen LogP contribution in [0.2, 0.25) is 0 Å². The van der Waals surface area contributed by atoms with Gasteiger partial charge in [0.25, 0.3) is 0 Å². The number of rotatable bonds is 2. The third-order valence-electron chi connectivity index (χ3n) is 5.56. The van der Waals surface area contributed by atoms with E-state index in [2.05, 4.69) is 57.4 Å². The first-order valence-electron chi connectivity index (χ1n) is 8.49. The molecule has 2 aliphatic heterocycles. The van der Waals surface area contributed by atoms with Crippen molar-refractivity contribution in [3.63, 3.8) is 0 Å². The van der Waals surface area contributed by atoms with E-state index in [1.165, 1.54) is 26.1 Å². The summed E-state index contributed by atoms with van der Waals surface area (Å²) in [5.74, 6) is 1.24. The maximum atomic E-state index is 9.17. The summed E-state index contributed by atoms with van der Waals surface area (Å²) in [6.07, 6.45) is 1.97. The van der Waals surface area contributed by atoms with Crippen LogP contribution < -0.4 is 0 Å². The maximum Gasteiger partial charge on any atom is 0.0625 e. The fourth-order valence-corrected chi connectivity index (χ4v) is 4.09. The summed E-state index contributed by atoms with van der Waals surface area (Å²) < 4.78 is 0. The summed E-state index contributed by atoms with van der Waals surface area (Å²) in [5.41, 5.74) is 0.622. The van der Waals surface area contributed by atoms with Gasteiger partial charge in [0.1, 0.15) is 0 Å². The van der Waals surface area contributed by atoms with E-state index in [1.54, 1.807) is 0 Å². The molecule has 2 atom stereocenters. The minimum absolute atomic E-state index is 0.298. The fraction of sp³-hybridized carbons (Fsp3) is 0.944. The molecule has 0 aromatic rings. The maximum absolute atomic E-state index is 9.17. The first kappa shape index (κ1) is 16.8. The van der Waals surface area contributed by atoms with Crippen molar-refractivity contribution in [3.8, 4) is 6.07 Å². The van der Waals surface area contributed by atoms with Crippen molar-refractivity contribution in [2.24, 2.45) is 17.3 Å². The van der Waals surface area contributed by atoms with Crippen molar-refractivity contribution >= 4 is 0 Å². The lowest BCUT2D eigenvalue weighted by Gasteiger charge is -2.54. The van der Waals surface area contributed by atoms with E-state index in [4.69, 9.17) is 0 Å². The zero-order valence-electron chi connectivity index (χ0n) is 14.8. The summed E-state index contributed by atoms with van der Waals surface area (Å²) in [4.78, 5) is 5.22. The van der Waals surface area contributed by atoms with Crippen LogP contribution in [0.5, 0.6) is 0 Å². The Balaban J connectivity index is 1.93. The summed E-state index contributed by atoms with van der Waals surface area (Å²) in [5, 5.41) is 9.17. The lowest BCUT2D eigenvalue weighted by Crippen LogP contribution is -2.66. The fourth-order valence-electron chi connectivity index (χ4n) is 4.09. The highest BCUT2D eigenvalue weighted by atomic mass is 15.3. The highest BCUT2D eigenvalue weighted by Gasteiger charge is 2.42. The molecular weight excluding hydrogens is 258 g/mol. The number of hydrogen-bond donors (Lipinski definition) is 0. The van der Waals surface area contributed by atoms with Crippen LogP contribution in [0.4, 0.5) is 0 Å². The smallest absolute Gasteiger partial charge is 0.0625 e. The van der Waals surface area contributed by atoms with Gasteiger partial charge in [0.15, 0.2) is 0 Å². The van der Waals surface area contributed by atoms with E-state index in [1.807, 2.05) is 0 Å². The molecular formula is C18H33N3.